The highest BCUT2D eigenvalue weighted by atomic mass is 32.2. The Labute approximate surface area is 133 Å². The number of carbonyl (C=O) groups excluding carboxylic acids is 1. The Morgan fingerprint density at radius 1 is 1.41 bits per heavy atom. The third kappa shape index (κ3) is 2.66. The van der Waals surface area contributed by atoms with Crippen molar-refractivity contribution in [3.05, 3.63) is 18.2 Å². The standard InChI is InChI=1S/C12H11N7OS2/c20-10(6-21-12-14-17-18-19(12)7-4-5-7)13-8-2-1-3-9-11(8)16-22-15-9/h1-3,7H,4-6H2,(H,13,20). The van der Waals surface area contributed by atoms with Gasteiger partial charge in [-0.3, -0.25) is 4.79 Å². The van der Waals surface area contributed by atoms with Crippen molar-refractivity contribution in [2.45, 2.75) is 24.0 Å². The molecule has 1 aliphatic rings. The van der Waals surface area contributed by atoms with Crippen LogP contribution in [-0.2, 0) is 4.79 Å². The third-order valence-electron chi connectivity index (χ3n) is 3.25. The summed E-state index contributed by atoms with van der Waals surface area (Å²) in [6.07, 6.45) is 2.20. The van der Waals surface area contributed by atoms with Gasteiger partial charge in [-0.2, -0.15) is 8.75 Å². The fourth-order valence-electron chi connectivity index (χ4n) is 2.05. The highest BCUT2D eigenvalue weighted by Gasteiger charge is 2.28. The molecule has 2 heterocycles. The molecule has 1 N–H and O–H groups in total. The first-order valence-corrected chi connectivity index (χ1v) is 8.44. The second kappa shape index (κ2) is 5.61. The first kappa shape index (κ1) is 13.6. The molecule has 1 fully saturated rings. The maximum absolute atomic E-state index is 12.1. The van der Waals surface area contributed by atoms with Crippen molar-refractivity contribution in [2.75, 3.05) is 11.1 Å². The number of nitrogens with zero attached hydrogens (tertiary/aromatic N) is 6. The summed E-state index contributed by atoms with van der Waals surface area (Å²) in [6.45, 7) is 0. The molecule has 1 aliphatic carbocycles. The lowest BCUT2D eigenvalue weighted by Crippen LogP contribution is -2.15. The van der Waals surface area contributed by atoms with Crippen molar-refractivity contribution in [2.24, 2.45) is 0 Å². The van der Waals surface area contributed by atoms with Crippen LogP contribution in [0.25, 0.3) is 11.0 Å². The van der Waals surface area contributed by atoms with Gasteiger partial charge in [0, 0.05) is 0 Å². The zero-order valence-electron chi connectivity index (χ0n) is 11.3. The number of nitrogens with one attached hydrogen (secondary N) is 1. The molecule has 1 aromatic carbocycles. The van der Waals surface area contributed by atoms with E-state index >= 15 is 0 Å². The van der Waals surface area contributed by atoms with E-state index in [1.807, 2.05) is 18.2 Å². The minimum atomic E-state index is -0.115. The number of amides is 1. The summed E-state index contributed by atoms with van der Waals surface area (Å²) in [5.41, 5.74) is 2.18. The SMILES string of the molecule is O=C(CSc1nnnn1C1CC1)Nc1cccc2nsnc12. The molecular weight excluding hydrogens is 322 g/mol. The molecule has 0 unspecified atom stereocenters. The van der Waals surface area contributed by atoms with E-state index in [0.29, 0.717) is 22.4 Å². The van der Waals surface area contributed by atoms with Crippen LogP contribution in [0.5, 0.6) is 0 Å². The van der Waals surface area contributed by atoms with Gasteiger partial charge in [-0.1, -0.05) is 17.8 Å². The Bertz CT molecular complexity index is 826. The van der Waals surface area contributed by atoms with Gasteiger partial charge < -0.3 is 5.32 Å². The monoisotopic (exact) mass is 333 g/mol. The number of benzene rings is 1. The summed E-state index contributed by atoms with van der Waals surface area (Å²) < 4.78 is 10.1. The topological polar surface area (TPSA) is 98.5 Å². The Morgan fingerprint density at radius 2 is 2.32 bits per heavy atom. The summed E-state index contributed by atoms with van der Waals surface area (Å²) in [4.78, 5) is 12.1. The van der Waals surface area contributed by atoms with E-state index < -0.39 is 0 Å². The van der Waals surface area contributed by atoms with E-state index in [-0.39, 0.29) is 11.7 Å². The number of anilines is 1. The molecule has 22 heavy (non-hydrogen) atoms. The molecule has 0 aliphatic heterocycles. The molecule has 112 valence electrons. The molecule has 3 aromatic rings. The van der Waals surface area contributed by atoms with Gasteiger partial charge in [-0.25, -0.2) is 4.68 Å². The molecule has 1 amide bonds. The third-order valence-corrected chi connectivity index (χ3v) is 4.72. The molecular formula is C12H11N7OS2. The molecule has 0 spiro atoms. The minimum absolute atomic E-state index is 0.115. The van der Waals surface area contributed by atoms with E-state index in [1.165, 1.54) is 11.8 Å². The van der Waals surface area contributed by atoms with E-state index in [2.05, 4.69) is 29.6 Å². The summed E-state index contributed by atoms with van der Waals surface area (Å²) in [5, 5.41) is 15.1. The quantitative estimate of drug-likeness (QED) is 0.710. The molecule has 0 radical (unpaired) electrons. The maximum Gasteiger partial charge on any atom is 0.234 e. The van der Waals surface area contributed by atoms with Gasteiger partial charge in [0.2, 0.25) is 11.1 Å². The van der Waals surface area contributed by atoms with Gasteiger partial charge in [-0.15, -0.1) is 5.10 Å². The second-order valence-electron chi connectivity index (χ2n) is 4.91. The van der Waals surface area contributed by atoms with Crippen molar-refractivity contribution >= 4 is 46.1 Å². The van der Waals surface area contributed by atoms with Crippen LogP contribution in [0, 0.1) is 0 Å². The number of aromatic nitrogens is 6. The minimum Gasteiger partial charge on any atom is -0.323 e. The van der Waals surface area contributed by atoms with E-state index in [1.54, 1.807) is 4.68 Å². The summed E-state index contributed by atoms with van der Waals surface area (Å²) >= 11 is 2.47. The van der Waals surface area contributed by atoms with Gasteiger partial charge in [0.25, 0.3) is 0 Å². The lowest BCUT2D eigenvalue weighted by Gasteiger charge is -2.05. The van der Waals surface area contributed by atoms with Crippen molar-refractivity contribution in [1.29, 1.82) is 0 Å². The highest BCUT2D eigenvalue weighted by molar-refractivity contribution is 7.99. The molecule has 8 nitrogen and oxygen atoms in total. The summed E-state index contributed by atoms with van der Waals surface area (Å²) in [7, 11) is 0. The fourth-order valence-corrected chi connectivity index (χ4v) is 3.35. The van der Waals surface area contributed by atoms with E-state index in [0.717, 1.165) is 30.1 Å². The maximum atomic E-state index is 12.1. The van der Waals surface area contributed by atoms with Crippen LogP contribution in [0.15, 0.2) is 23.4 Å². The predicted octanol–water partition coefficient (Wildman–Crippen LogP) is 1.74. The lowest BCUT2D eigenvalue weighted by molar-refractivity contribution is -0.113. The molecule has 1 saturated carbocycles. The van der Waals surface area contributed by atoms with Crippen molar-refractivity contribution in [1.82, 2.24) is 29.0 Å². The molecule has 0 saturated heterocycles. The van der Waals surface area contributed by atoms with Crippen LogP contribution in [0.1, 0.15) is 18.9 Å². The van der Waals surface area contributed by atoms with Crippen LogP contribution in [0.4, 0.5) is 5.69 Å². The Morgan fingerprint density at radius 3 is 3.18 bits per heavy atom. The van der Waals surface area contributed by atoms with Gasteiger partial charge in [0.15, 0.2) is 0 Å². The molecule has 0 bridgehead atoms. The van der Waals surface area contributed by atoms with Crippen LogP contribution >= 0.6 is 23.5 Å². The zero-order valence-corrected chi connectivity index (χ0v) is 13.0. The van der Waals surface area contributed by atoms with E-state index in [9.17, 15) is 4.79 Å². The van der Waals surface area contributed by atoms with Gasteiger partial charge >= 0.3 is 0 Å². The fraction of sp³-hybridized carbons (Fsp3) is 0.333. The normalized spacial score (nSPS) is 14.4. The predicted molar refractivity (Wildman–Crippen MR) is 82.9 cm³/mol. The smallest absolute Gasteiger partial charge is 0.234 e. The number of tetrazole rings is 1. The van der Waals surface area contributed by atoms with Crippen LogP contribution < -0.4 is 5.32 Å². The highest BCUT2D eigenvalue weighted by Crippen LogP contribution is 2.36. The molecule has 2 aromatic heterocycles. The first-order valence-electron chi connectivity index (χ1n) is 6.73. The number of carbonyl (C=O) groups is 1. The average Bonchev–Trinajstić information content (AvgIpc) is 3.07. The number of thioether (sulfide) groups is 1. The van der Waals surface area contributed by atoms with Gasteiger partial charge in [0.05, 0.1) is 29.2 Å². The van der Waals surface area contributed by atoms with Crippen molar-refractivity contribution in [3.8, 4) is 0 Å². The molecule has 4 rings (SSSR count). The van der Waals surface area contributed by atoms with Crippen LogP contribution in [-0.4, -0.2) is 40.6 Å². The average molecular weight is 333 g/mol. The Hall–Kier alpha value is -2.07. The van der Waals surface area contributed by atoms with Crippen LogP contribution in [0.2, 0.25) is 0 Å². The first-order chi connectivity index (χ1) is 10.8. The van der Waals surface area contributed by atoms with Crippen molar-refractivity contribution in [3.63, 3.8) is 0 Å². The van der Waals surface area contributed by atoms with E-state index in [4.69, 9.17) is 0 Å². The molecule has 0 atom stereocenters. The van der Waals surface area contributed by atoms with Gasteiger partial charge in [-0.05, 0) is 35.4 Å². The zero-order chi connectivity index (χ0) is 14.9. The Balaban J connectivity index is 1.42. The van der Waals surface area contributed by atoms with Gasteiger partial charge in [0.1, 0.15) is 11.0 Å². The number of hydrogen-bond acceptors (Lipinski definition) is 8. The summed E-state index contributed by atoms with van der Waals surface area (Å²) in [5.74, 6) is 0.136. The molecule has 10 heteroatoms. The number of hydrogen-bond donors (Lipinski definition) is 1. The lowest BCUT2D eigenvalue weighted by atomic mass is 10.2. The second-order valence-corrected chi connectivity index (χ2v) is 6.38. The van der Waals surface area contributed by atoms with Crippen molar-refractivity contribution < 1.29 is 4.79 Å². The summed E-state index contributed by atoms with van der Waals surface area (Å²) in [6, 6.07) is 5.93. The number of fused-ring (bicyclic) bond motifs is 1. The largest absolute Gasteiger partial charge is 0.323 e. The number of rotatable bonds is 5. The Kier molecular flexibility index (Phi) is 3.47. The van der Waals surface area contributed by atoms with Crippen LogP contribution in [0.3, 0.4) is 0 Å².